The summed E-state index contributed by atoms with van der Waals surface area (Å²) in [4.78, 5) is 0. The summed E-state index contributed by atoms with van der Waals surface area (Å²) in [5.41, 5.74) is 0. The van der Waals surface area contributed by atoms with Crippen LogP contribution in [0.1, 0.15) is 15.2 Å². The minimum atomic E-state index is -0.972. The van der Waals surface area contributed by atoms with Crippen LogP contribution in [0, 0.1) is 0 Å². The third kappa shape index (κ3) is 2.18. The Bertz CT molecular complexity index is 57.2. The normalized spacial score (nSPS) is 15.2. The Labute approximate surface area is 39.7 Å². The van der Waals surface area contributed by atoms with Crippen molar-refractivity contribution < 1.29 is 6.58 Å². The molecule has 0 saturated carbocycles. The summed E-state index contributed by atoms with van der Waals surface area (Å²) in [7, 11) is 1.34. The molecule has 0 fully saturated rings. The standard InChI is InChI=1S/C4H10NO/c1-4(2)5(3)6/h4H,1-3H3/i4T. The number of nitrogens with zero attached hydrogens (tertiary/aromatic N) is 1. The van der Waals surface area contributed by atoms with Gasteiger partial charge < -0.3 is 0 Å². The van der Waals surface area contributed by atoms with E-state index >= 15 is 0 Å². The molecule has 37 valence electrons. The van der Waals surface area contributed by atoms with Crippen molar-refractivity contribution in [3.05, 3.63) is 0 Å². The molecule has 6 heavy (non-hydrogen) atoms. The van der Waals surface area contributed by atoms with Crippen LogP contribution in [-0.4, -0.2) is 18.1 Å². The molecule has 0 saturated heterocycles. The van der Waals surface area contributed by atoms with Gasteiger partial charge in [-0.05, 0) is 13.8 Å². The molecule has 0 aliphatic rings. The molecular formula is C4H10NO. The molecule has 0 bridgehead atoms. The van der Waals surface area contributed by atoms with Crippen molar-refractivity contribution in [1.82, 2.24) is 5.06 Å². The second-order valence-electron chi connectivity index (χ2n) is 1.44. The first-order valence-corrected chi connectivity index (χ1v) is 1.85. The van der Waals surface area contributed by atoms with Crippen LogP contribution in [0.3, 0.4) is 0 Å². The van der Waals surface area contributed by atoms with Gasteiger partial charge in [-0.3, -0.25) is 0 Å². The maximum absolute atomic E-state index is 10.2. The van der Waals surface area contributed by atoms with E-state index in [0.29, 0.717) is 5.06 Å². The van der Waals surface area contributed by atoms with Crippen molar-refractivity contribution in [3.8, 4) is 0 Å². The Morgan fingerprint density at radius 1 is 1.83 bits per heavy atom. The Balaban J connectivity index is 3.54. The van der Waals surface area contributed by atoms with Gasteiger partial charge in [-0.2, -0.15) is 5.06 Å². The van der Waals surface area contributed by atoms with Gasteiger partial charge in [-0.25, -0.2) is 0 Å². The average Bonchev–Trinajstić information content (AvgIpc) is 1.31. The molecule has 2 nitrogen and oxygen atoms in total. The van der Waals surface area contributed by atoms with Crippen LogP contribution >= 0.6 is 0 Å². The first-order chi connectivity index (χ1) is 2.94. The second-order valence-corrected chi connectivity index (χ2v) is 1.44. The third-order valence-electron chi connectivity index (χ3n) is 0.630. The highest BCUT2D eigenvalue weighted by Crippen LogP contribution is 1.84. The van der Waals surface area contributed by atoms with E-state index in [-0.39, 0.29) is 0 Å². The van der Waals surface area contributed by atoms with Crippen molar-refractivity contribution in [2.45, 2.75) is 19.9 Å². The van der Waals surface area contributed by atoms with Gasteiger partial charge >= 0.3 is 0 Å². The van der Waals surface area contributed by atoms with Gasteiger partial charge in [0.25, 0.3) is 0 Å². The Kier molecular flexibility index (Phi) is 1.47. The summed E-state index contributed by atoms with van der Waals surface area (Å²) in [5.74, 6) is 0. The minimum absolute atomic E-state index is 0.604. The van der Waals surface area contributed by atoms with E-state index in [2.05, 4.69) is 0 Å². The van der Waals surface area contributed by atoms with E-state index in [4.69, 9.17) is 1.37 Å². The monoisotopic (exact) mass is 90.1 g/mol. The van der Waals surface area contributed by atoms with E-state index in [1.807, 2.05) is 0 Å². The van der Waals surface area contributed by atoms with Gasteiger partial charge in [-0.1, -0.05) is 0 Å². The highest BCUT2D eigenvalue weighted by Gasteiger charge is 1.95. The van der Waals surface area contributed by atoms with Gasteiger partial charge in [0.1, 0.15) is 0 Å². The molecule has 2 heteroatoms. The van der Waals surface area contributed by atoms with Crippen LogP contribution in [0.5, 0.6) is 0 Å². The molecule has 0 atom stereocenters. The topological polar surface area (TPSA) is 23.1 Å². The molecule has 0 amide bonds. The van der Waals surface area contributed by atoms with Crippen molar-refractivity contribution in [2.24, 2.45) is 0 Å². The molecule has 1 radical (unpaired) electrons. The van der Waals surface area contributed by atoms with Gasteiger partial charge in [0, 0.05) is 14.4 Å². The van der Waals surface area contributed by atoms with Crippen molar-refractivity contribution >= 4 is 0 Å². The third-order valence-corrected chi connectivity index (χ3v) is 0.630. The molecule has 0 aromatic carbocycles. The van der Waals surface area contributed by atoms with E-state index in [1.54, 1.807) is 13.8 Å². The highest BCUT2D eigenvalue weighted by molar-refractivity contribution is 4.39. The van der Waals surface area contributed by atoms with Crippen LogP contribution in [0.2, 0.25) is 0 Å². The summed E-state index contributed by atoms with van der Waals surface area (Å²) >= 11 is 0. The SMILES string of the molecule is [3H]C(C)(C)N(C)[O]. The van der Waals surface area contributed by atoms with Crippen LogP contribution in [0.15, 0.2) is 0 Å². The zero-order valence-electron chi connectivity index (χ0n) is 5.36. The maximum atomic E-state index is 10.2. The Morgan fingerprint density at radius 3 is 2.00 bits per heavy atom. The molecule has 0 aliphatic heterocycles. The van der Waals surface area contributed by atoms with Gasteiger partial charge in [-0.15, -0.1) is 5.21 Å². The summed E-state index contributed by atoms with van der Waals surface area (Å²) < 4.78 is 7.00. The predicted molar refractivity (Wildman–Crippen MR) is 23.6 cm³/mol. The average molecular weight is 90.1 g/mol. The maximum Gasteiger partial charge on any atom is 0.0487 e. The van der Waals surface area contributed by atoms with Crippen molar-refractivity contribution in [1.29, 1.82) is 0 Å². The number of hydrogen-bond donors (Lipinski definition) is 0. The lowest BCUT2D eigenvalue weighted by Crippen LogP contribution is -2.19. The smallest absolute Gasteiger partial charge is 0.0487 e. The first-order valence-electron chi connectivity index (χ1n) is 2.35. The molecule has 0 unspecified atom stereocenters. The van der Waals surface area contributed by atoms with Gasteiger partial charge in [0.15, 0.2) is 0 Å². The molecule has 0 aromatic rings. The predicted octanol–water partition coefficient (Wildman–Crippen LogP) is 0.672. The number of rotatable bonds is 1. The fourth-order valence-electron chi connectivity index (χ4n) is 0. The molecule has 0 aromatic heterocycles. The lowest BCUT2D eigenvalue weighted by molar-refractivity contribution is -0.157. The number of hydroxylamine groups is 2. The summed E-state index contributed by atoms with van der Waals surface area (Å²) in [6.07, 6.45) is 0. The summed E-state index contributed by atoms with van der Waals surface area (Å²) in [5, 5.41) is 10.8. The molecule has 0 rings (SSSR count). The molecule has 0 aliphatic carbocycles. The van der Waals surface area contributed by atoms with Crippen LogP contribution in [0.4, 0.5) is 0 Å². The summed E-state index contributed by atoms with van der Waals surface area (Å²) in [6, 6.07) is -0.972. The lowest BCUT2D eigenvalue weighted by atomic mass is 10.4. The minimum Gasteiger partial charge on any atom is -0.156 e. The van der Waals surface area contributed by atoms with Crippen molar-refractivity contribution in [2.75, 3.05) is 7.05 Å². The molecule has 0 N–H and O–H groups in total. The van der Waals surface area contributed by atoms with E-state index in [0.717, 1.165) is 0 Å². The van der Waals surface area contributed by atoms with Crippen LogP contribution in [-0.2, 0) is 5.21 Å². The van der Waals surface area contributed by atoms with Gasteiger partial charge in [0.2, 0.25) is 0 Å². The zero-order valence-corrected chi connectivity index (χ0v) is 4.36. The Hall–Kier alpha value is -0.0800. The zero-order chi connectivity index (χ0) is 6.08. The lowest BCUT2D eigenvalue weighted by Gasteiger charge is -2.06. The van der Waals surface area contributed by atoms with E-state index < -0.39 is 6.02 Å². The Morgan fingerprint density at radius 2 is 2.00 bits per heavy atom. The van der Waals surface area contributed by atoms with E-state index in [9.17, 15) is 5.21 Å². The van der Waals surface area contributed by atoms with Crippen LogP contribution < -0.4 is 0 Å². The molecule has 0 heterocycles. The number of hydrogen-bond acceptors (Lipinski definition) is 1. The fraction of sp³-hybridized carbons (Fsp3) is 1.00. The molecular weight excluding hydrogens is 78.0 g/mol. The fourth-order valence-corrected chi connectivity index (χ4v) is 0. The van der Waals surface area contributed by atoms with Crippen LogP contribution in [0.25, 0.3) is 0 Å². The van der Waals surface area contributed by atoms with Gasteiger partial charge in [0.05, 0.1) is 0 Å². The van der Waals surface area contributed by atoms with E-state index in [1.165, 1.54) is 7.05 Å². The van der Waals surface area contributed by atoms with Crippen molar-refractivity contribution in [3.63, 3.8) is 0 Å². The first kappa shape index (κ1) is 4.09. The summed E-state index contributed by atoms with van der Waals surface area (Å²) in [6.45, 7) is 3.08. The largest absolute Gasteiger partial charge is 0.156 e. The quantitative estimate of drug-likeness (QED) is 0.434. The second kappa shape index (κ2) is 2.16. The highest BCUT2D eigenvalue weighted by atomic mass is 16.5. The molecule has 0 spiro atoms.